The molecule has 0 aliphatic carbocycles. The lowest BCUT2D eigenvalue weighted by Gasteiger charge is -2.09. The molecular formula is C16H18N2O4. The minimum Gasteiger partial charge on any atom is -0.469 e. The molecule has 1 N–H and O–H groups in total. The third-order valence-corrected chi connectivity index (χ3v) is 3.21. The summed E-state index contributed by atoms with van der Waals surface area (Å²) in [5.41, 5.74) is 2.29. The number of nitrogens with zero attached hydrogens (tertiary/aromatic N) is 1. The quantitative estimate of drug-likeness (QED) is 0.858. The van der Waals surface area contributed by atoms with Crippen LogP contribution < -0.4 is 5.32 Å². The molecule has 1 amide bonds. The van der Waals surface area contributed by atoms with Gasteiger partial charge in [-0.25, -0.2) is 0 Å². The number of benzene rings is 1. The van der Waals surface area contributed by atoms with Gasteiger partial charge in [0.2, 0.25) is 5.76 Å². The molecule has 6 nitrogen and oxygen atoms in total. The van der Waals surface area contributed by atoms with E-state index < -0.39 is 0 Å². The Labute approximate surface area is 128 Å². The van der Waals surface area contributed by atoms with Crippen LogP contribution in [0.5, 0.6) is 0 Å². The van der Waals surface area contributed by atoms with Gasteiger partial charge in [-0.3, -0.25) is 9.59 Å². The summed E-state index contributed by atoms with van der Waals surface area (Å²) < 4.78 is 9.60. The monoisotopic (exact) mass is 302 g/mol. The van der Waals surface area contributed by atoms with Crippen LogP contribution in [0.4, 0.5) is 5.69 Å². The van der Waals surface area contributed by atoms with E-state index >= 15 is 0 Å². The molecule has 0 bridgehead atoms. The molecule has 0 aliphatic rings. The number of ether oxygens (including phenoxy) is 1. The minimum absolute atomic E-state index is 0.167. The van der Waals surface area contributed by atoms with Crippen molar-refractivity contribution >= 4 is 17.6 Å². The van der Waals surface area contributed by atoms with Crippen molar-refractivity contribution in [3.8, 4) is 0 Å². The zero-order valence-corrected chi connectivity index (χ0v) is 12.8. The van der Waals surface area contributed by atoms with Gasteiger partial charge in [0.05, 0.1) is 18.7 Å². The summed E-state index contributed by atoms with van der Waals surface area (Å²) in [5.74, 6) is -0.627. The van der Waals surface area contributed by atoms with Crippen LogP contribution in [0.1, 0.15) is 28.7 Å². The predicted molar refractivity (Wildman–Crippen MR) is 80.5 cm³/mol. The second-order valence-corrected chi connectivity index (χ2v) is 5.11. The highest BCUT2D eigenvalue weighted by Gasteiger charge is 2.14. The Bertz CT molecular complexity index is 661. The number of rotatable bonds is 5. The molecule has 0 saturated heterocycles. The zero-order valence-electron chi connectivity index (χ0n) is 12.8. The van der Waals surface area contributed by atoms with E-state index in [0.717, 1.165) is 5.56 Å². The summed E-state index contributed by atoms with van der Waals surface area (Å²) in [5, 5.41) is 6.39. The highest BCUT2D eigenvalue weighted by Crippen LogP contribution is 2.15. The fourth-order valence-electron chi connectivity index (χ4n) is 2.03. The van der Waals surface area contributed by atoms with Crippen molar-refractivity contribution in [1.82, 2.24) is 5.16 Å². The average Bonchev–Trinajstić information content (AvgIpc) is 2.95. The number of esters is 1. The van der Waals surface area contributed by atoms with Gasteiger partial charge in [-0.15, -0.1) is 0 Å². The summed E-state index contributed by atoms with van der Waals surface area (Å²) >= 11 is 0. The van der Waals surface area contributed by atoms with E-state index in [0.29, 0.717) is 17.8 Å². The Morgan fingerprint density at radius 1 is 1.32 bits per heavy atom. The second kappa shape index (κ2) is 6.89. The van der Waals surface area contributed by atoms with Crippen LogP contribution in [0.25, 0.3) is 0 Å². The van der Waals surface area contributed by atoms with E-state index in [1.54, 1.807) is 25.1 Å². The lowest BCUT2D eigenvalue weighted by molar-refractivity contribution is -0.144. The molecule has 2 aromatic rings. The van der Waals surface area contributed by atoms with Crippen LogP contribution in [0.2, 0.25) is 0 Å². The van der Waals surface area contributed by atoms with E-state index in [9.17, 15) is 9.59 Å². The highest BCUT2D eigenvalue weighted by atomic mass is 16.5. The lowest BCUT2D eigenvalue weighted by atomic mass is 10.0. The largest absolute Gasteiger partial charge is 0.469 e. The molecule has 22 heavy (non-hydrogen) atoms. The third kappa shape index (κ3) is 3.94. The summed E-state index contributed by atoms with van der Waals surface area (Å²) in [6.45, 7) is 3.56. The second-order valence-electron chi connectivity index (χ2n) is 5.11. The van der Waals surface area contributed by atoms with E-state index in [1.165, 1.54) is 7.11 Å². The fraction of sp³-hybridized carbons (Fsp3) is 0.312. The summed E-state index contributed by atoms with van der Waals surface area (Å²) in [6.07, 6.45) is 0.586. The maximum atomic E-state index is 11.9. The van der Waals surface area contributed by atoms with Crippen molar-refractivity contribution in [1.29, 1.82) is 0 Å². The number of nitrogens with one attached hydrogen (secondary N) is 1. The van der Waals surface area contributed by atoms with Crippen LogP contribution in [0.15, 0.2) is 34.9 Å². The topological polar surface area (TPSA) is 81.4 Å². The molecule has 1 aromatic carbocycles. The standard InChI is InChI=1S/C16H18N2O4/c1-10(16(20)21-3)8-12-4-6-13(7-5-12)17-15(19)14-9-11(2)18-22-14/h4-7,9-10H,8H2,1-3H3,(H,17,19)/t10-/m1/s1. The van der Waals surface area contributed by atoms with Gasteiger partial charge >= 0.3 is 5.97 Å². The Morgan fingerprint density at radius 2 is 2.00 bits per heavy atom. The fourth-order valence-corrected chi connectivity index (χ4v) is 2.03. The Kier molecular flexibility index (Phi) is 4.93. The van der Waals surface area contributed by atoms with Gasteiger partial charge in [0.15, 0.2) is 0 Å². The summed E-state index contributed by atoms with van der Waals surface area (Å²) in [6, 6.07) is 8.85. The number of hydrogen-bond donors (Lipinski definition) is 1. The molecular weight excluding hydrogens is 284 g/mol. The molecule has 2 rings (SSSR count). The summed E-state index contributed by atoms with van der Waals surface area (Å²) in [7, 11) is 1.38. The molecule has 0 unspecified atom stereocenters. The van der Waals surface area contributed by atoms with Gasteiger partial charge in [0, 0.05) is 11.8 Å². The Morgan fingerprint density at radius 3 is 2.55 bits per heavy atom. The maximum Gasteiger partial charge on any atom is 0.308 e. The number of anilines is 1. The van der Waals surface area contributed by atoms with E-state index in [2.05, 4.69) is 10.5 Å². The molecule has 0 spiro atoms. The number of hydrogen-bond acceptors (Lipinski definition) is 5. The van der Waals surface area contributed by atoms with Crippen molar-refractivity contribution in [2.45, 2.75) is 20.3 Å². The molecule has 0 radical (unpaired) electrons. The van der Waals surface area contributed by atoms with Crippen molar-refractivity contribution in [3.63, 3.8) is 0 Å². The number of aromatic nitrogens is 1. The third-order valence-electron chi connectivity index (χ3n) is 3.21. The average molecular weight is 302 g/mol. The van der Waals surface area contributed by atoms with Crippen LogP contribution in [0.3, 0.4) is 0 Å². The SMILES string of the molecule is COC(=O)[C@H](C)Cc1ccc(NC(=O)c2cc(C)no2)cc1. The van der Waals surface area contributed by atoms with Gasteiger partial charge in [0.25, 0.3) is 5.91 Å². The van der Waals surface area contributed by atoms with Crippen molar-refractivity contribution < 1.29 is 18.8 Å². The first-order valence-corrected chi connectivity index (χ1v) is 6.91. The first-order chi connectivity index (χ1) is 10.5. The van der Waals surface area contributed by atoms with Crippen LogP contribution in [0, 0.1) is 12.8 Å². The molecule has 0 saturated carbocycles. The van der Waals surface area contributed by atoms with Crippen molar-refractivity contribution in [2.75, 3.05) is 12.4 Å². The molecule has 0 fully saturated rings. The number of carbonyl (C=O) groups is 2. The van der Waals surface area contributed by atoms with Crippen LogP contribution in [-0.2, 0) is 16.0 Å². The predicted octanol–water partition coefficient (Wildman–Crippen LogP) is 2.59. The first-order valence-electron chi connectivity index (χ1n) is 6.91. The van der Waals surface area contributed by atoms with Gasteiger partial charge in [-0.1, -0.05) is 24.2 Å². The van der Waals surface area contributed by atoms with E-state index in [-0.39, 0.29) is 23.6 Å². The van der Waals surface area contributed by atoms with Gasteiger partial charge in [-0.05, 0) is 31.0 Å². The maximum absolute atomic E-state index is 11.9. The molecule has 1 aromatic heterocycles. The van der Waals surface area contributed by atoms with Gasteiger partial charge < -0.3 is 14.6 Å². The van der Waals surface area contributed by atoms with Gasteiger partial charge in [-0.2, -0.15) is 0 Å². The number of amides is 1. The van der Waals surface area contributed by atoms with Gasteiger partial charge in [0.1, 0.15) is 0 Å². The molecule has 1 atom stereocenters. The van der Waals surface area contributed by atoms with E-state index in [1.807, 2.05) is 19.1 Å². The molecule has 6 heteroatoms. The van der Waals surface area contributed by atoms with Crippen LogP contribution >= 0.6 is 0 Å². The smallest absolute Gasteiger partial charge is 0.308 e. The van der Waals surface area contributed by atoms with Crippen molar-refractivity contribution in [3.05, 3.63) is 47.3 Å². The van der Waals surface area contributed by atoms with E-state index in [4.69, 9.17) is 9.26 Å². The number of aryl methyl sites for hydroxylation is 1. The lowest BCUT2D eigenvalue weighted by Crippen LogP contribution is -2.15. The Hall–Kier alpha value is -2.63. The van der Waals surface area contributed by atoms with Crippen LogP contribution in [-0.4, -0.2) is 24.1 Å². The minimum atomic E-state index is -0.351. The molecule has 0 aliphatic heterocycles. The first kappa shape index (κ1) is 15.8. The Balaban J connectivity index is 1.97. The normalized spacial score (nSPS) is 11.8. The molecule has 116 valence electrons. The zero-order chi connectivity index (χ0) is 16.1. The highest BCUT2D eigenvalue weighted by molar-refractivity contribution is 6.02. The number of methoxy groups -OCH3 is 1. The number of carbonyl (C=O) groups excluding carboxylic acids is 2. The summed E-state index contributed by atoms with van der Waals surface area (Å²) in [4.78, 5) is 23.3. The van der Waals surface area contributed by atoms with Crippen molar-refractivity contribution in [2.24, 2.45) is 5.92 Å². The molecule has 1 heterocycles.